The number of fused-ring (bicyclic) bond motifs is 1. The number of hydrogen-bond donors (Lipinski definition) is 0. The lowest BCUT2D eigenvalue weighted by Gasteiger charge is -2.48. The molecule has 0 heterocycles. The molecule has 3 aliphatic carbocycles. The molecule has 5 atom stereocenters. The summed E-state index contributed by atoms with van der Waals surface area (Å²) < 4.78 is 6.39. The van der Waals surface area contributed by atoms with E-state index in [1.165, 1.54) is 38.5 Å². The fourth-order valence-electron chi connectivity index (χ4n) is 7.03. The summed E-state index contributed by atoms with van der Waals surface area (Å²) in [4.78, 5) is 12.9. The van der Waals surface area contributed by atoms with Gasteiger partial charge < -0.3 is 4.74 Å². The van der Waals surface area contributed by atoms with Crippen molar-refractivity contribution in [3.05, 3.63) is 0 Å². The van der Waals surface area contributed by atoms with Crippen molar-refractivity contribution < 1.29 is 9.53 Å². The SMILES string of the molecule is CCC(C)(C)C(=O)OC1(C)CCC23CCCC1C(C)(C)C2CCC3C. The minimum absolute atomic E-state index is 0.00744. The highest BCUT2D eigenvalue weighted by Gasteiger charge is 2.63. The Bertz CT molecular complexity index is 534. The zero-order chi connectivity index (χ0) is 18.7. The number of rotatable bonds is 3. The zero-order valence-electron chi connectivity index (χ0n) is 17.7. The van der Waals surface area contributed by atoms with Crippen LogP contribution in [0.3, 0.4) is 0 Å². The third-order valence-electron chi connectivity index (χ3n) is 9.08. The first-order chi connectivity index (χ1) is 11.5. The first kappa shape index (κ1) is 19.2. The highest BCUT2D eigenvalue weighted by atomic mass is 16.6. The van der Waals surface area contributed by atoms with E-state index >= 15 is 0 Å². The van der Waals surface area contributed by atoms with Gasteiger partial charge in [-0.1, -0.05) is 34.1 Å². The summed E-state index contributed by atoms with van der Waals surface area (Å²) in [5.74, 6) is 2.10. The van der Waals surface area contributed by atoms with Crippen molar-refractivity contribution in [3.63, 3.8) is 0 Å². The molecular formula is C23H40O2. The maximum Gasteiger partial charge on any atom is 0.312 e. The van der Waals surface area contributed by atoms with Gasteiger partial charge in [0, 0.05) is 5.92 Å². The van der Waals surface area contributed by atoms with E-state index < -0.39 is 0 Å². The Morgan fingerprint density at radius 1 is 1.04 bits per heavy atom. The molecule has 0 N–H and O–H groups in total. The second-order valence-electron chi connectivity index (χ2n) is 11.0. The van der Waals surface area contributed by atoms with E-state index in [0.717, 1.165) is 24.7 Å². The average molecular weight is 349 g/mol. The second-order valence-corrected chi connectivity index (χ2v) is 11.0. The van der Waals surface area contributed by atoms with Gasteiger partial charge in [0.05, 0.1) is 5.41 Å². The van der Waals surface area contributed by atoms with Crippen molar-refractivity contribution in [2.75, 3.05) is 0 Å². The number of hydrogen-bond acceptors (Lipinski definition) is 2. The van der Waals surface area contributed by atoms with Crippen LogP contribution in [-0.2, 0) is 9.53 Å². The third-order valence-corrected chi connectivity index (χ3v) is 9.08. The van der Waals surface area contributed by atoms with Crippen molar-refractivity contribution in [2.24, 2.45) is 34.0 Å². The molecule has 0 aromatic heterocycles. The monoisotopic (exact) mass is 348 g/mol. The van der Waals surface area contributed by atoms with Crippen LogP contribution in [-0.4, -0.2) is 11.6 Å². The maximum absolute atomic E-state index is 12.9. The van der Waals surface area contributed by atoms with Crippen LogP contribution in [0, 0.1) is 34.0 Å². The molecule has 3 saturated carbocycles. The van der Waals surface area contributed by atoms with Crippen molar-refractivity contribution in [1.29, 1.82) is 0 Å². The molecule has 3 aliphatic rings. The summed E-state index contributed by atoms with van der Waals surface area (Å²) in [6, 6.07) is 0. The van der Waals surface area contributed by atoms with E-state index in [1.807, 2.05) is 13.8 Å². The second kappa shape index (κ2) is 5.99. The van der Waals surface area contributed by atoms with Gasteiger partial charge in [-0.2, -0.15) is 0 Å². The summed E-state index contributed by atoms with van der Waals surface area (Å²) in [5.41, 5.74) is 0.0608. The van der Waals surface area contributed by atoms with Crippen molar-refractivity contribution >= 4 is 5.97 Å². The number of esters is 1. The van der Waals surface area contributed by atoms with Crippen LogP contribution in [0.25, 0.3) is 0 Å². The number of ether oxygens (including phenoxy) is 1. The average Bonchev–Trinajstić information content (AvgIpc) is 2.76. The quantitative estimate of drug-likeness (QED) is 0.553. The van der Waals surface area contributed by atoms with Gasteiger partial charge in [0.25, 0.3) is 0 Å². The largest absolute Gasteiger partial charge is 0.459 e. The Morgan fingerprint density at radius 3 is 2.36 bits per heavy atom. The Hall–Kier alpha value is -0.530. The third kappa shape index (κ3) is 2.77. The van der Waals surface area contributed by atoms with Crippen molar-refractivity contribution in [1.82, 2.24) is 0 Å². The smallest absolute Gasteiger partial charge is 0.312 e. The molecule has 0 amide bonds. The van der Waals surface area contributed by atoms with Gasteiger partial charge in [-0.15, -0.1) is 0 Å². The van der Waals surface area contributed by atoms with Crippen LogP contribution in [0.15, 0.2) is 0 Å². The molecule has 0 aromatic carbocycles. The van der Waals surface area contributed by atoms with Gasteiger partial charge in [0.1, 0.15) is 5.60 Å². The summed E-state index contributed by atoms with van der Waals surface area (Å²) >= 11 is 0. The molecule has 2 heteroatoms. The van der Waals surface area contributed by atoms with Gasteiger partial charge in [0.15, 0.2) is 0 Å². The molecule has 2 bridgehead atoms. The minimum atomic E-state index is -0.380. The van der Waals surface area contributed by atoms with E-state index in [9.17, 15) is 4.79 Å². The highest BCUT2D eigenvalue weighted by Crippen LogP contribution is 2.68. The fourth-order valence-corrected chi connectivity index (χ4v) is 7.03. The van der Waals surface area contributed by atoms with Crippen molar-refractivity contribution in [2.45, 2.75) is 105 Å². The van der Waals surface area contributed by atoms with Gasteiger partial charge >= 0.3 is 5.97 Å². The summed E-state index contributed by atoms with van der Waals surface area (Å²) in [6.45, 7) is 15.9. The van der Waals surface area contributed by atoms with Crippen LogP contribution in [0.5, 0.6) is 0 Å². The van der Waals surface area contributed by atoms with Gasteiger partial charge in [-0.25, -0.2) is 0 Å². The molecule has 2 nitrogen and oxygen atoms in total. The van der Waals surface area contributed by atoms with E-state index in [4.69, 9.17) is 4.74 Å². The Labute approximate surface area is 155 Å². The Kier molecular flexibility index (Phi) is 4.61. The van der Waals surface area contributed by atoms with E-state index in [2.05, 4.69) is 34.6 Å². The Balaban J connectivity index is 1.98. The molecule has 5 unspecified atom stereocenters. The molecule has 3 rings (SSSR count). The van der Waals surface area contributed by atoms with Gasteiger partial charge in [-0.05, 0) is 88.4 Å². The first-order valence-electron chi connectivity index (χ1n) is 10.7. The fraction of sp³-hybridized carbons (Fsp3) is 0.957. The molecule has 0 aromatic rings. The van der Waals surface area contributed by atoms with Gasteiger partial charge in [0.2, 0.25) is 0 Å². The van der Waals surface area contributed by atoms with Crippen LogP contribution in [0.1, 0.15) is 99.8 Å². The topological polar surface area (TPSA) is 26.3 Å². The maximum atomic E-state index is 12.9. The summed E-state index contributed by atoms with van der Waals surface area (Å²) in [7, 11) is 0. The van der Waals surface area contributed by atoms with Crippen molar-refractivity contribution in [3.8, 4) is 0 Å². The van der Waals surface area contributed by atoms with E-state index in [0.29, 0.717) is 11.3 Å². The predicted octanol–water partition coefficient (Wildman–Crippen LogP) is 6.38. The van der Waals surface area contributed by atoms with Crippen LogP contribution >= 0.6 is 0 Å². The van der Waals surface area contributed by atoms with Crippen LogP contribution in [0.4, 0.5) is 0 Å². The molecule has 0 aliphatic heterocycles. The molecule has 25 heavy (non-hydrogen) atoms. The van der Waals surface area contributed by atoms with Gasteiger partial charge in [-0.3, -0.25) is 4.79 Å². The predicted molar refractivity (Wildman–Crippen MR) is 103 cm³/mol. The summed E-state index contributed by atoms with van der Waals surface area (Å²) in [6.07, 6.45) is 9.80. The molecule has 3 fully saturated rings. The molecule has 0 radical (unpaired) electrons. The lowest BCUT2D eigenvalue weighted by molar-refractivity contribution is -0.182. The van der Waals surface area contributed by atoms with E-state index in [1.54, 1.807) is 0 Å². The normalized spacial score (nSPS) is 43.2. The Morgan fingerprint density at radius 2 is 1.72 bits per heavy atom. The zero-order valence-corrected chi connectivity index (χ0v) is 17.7. The lowest BCUT2D eigenvalue weighted by Crippen LogP contribution is -2.49. The van der Waals surface area contributed by atoms with E-state index in [-0.39, 0.29) is 22.4 Å². The lowest BCUT2D eigenvalue weighted by atomic mass is 9.59. The first-order valence-corrected chi connectivity index (χ1v) is 10.7. The van der Waals surface area contributed by atoms with Crippen LogP contribution < -0.4 is 0 Å². The van der Waals surface area contributed by atoms with Crippen LogP contribution in [0.2, 0.25) is 0 Å². The minimum Gasteiger partial charge on any atom is -0.459 e. The highest BCUT2D eigenvalue weighted by molar-refractivity contribution is 5.76. The number of carbonyl (C=O) groups is 1. The molecule has 144 valence electrons. The molecule has 0 saturated heterocycles. The molecule has 0 spiro atoms. The summed E-state index contributed by atoms with van der Waals surface area (Å²) in [5, 5.41) is 0. The standard InChI is InChI=1S/C23H40O2/c1-8-20(3,4)19(24)25-22(7)14-15-23-13-9-10-17(22)21(5,6)18(23)12-11-16(23)2/h16-18H,8-15H2,1-7H3. The molecular weight excluding hydrogens is 308 g/mol. The number of carbonyl (C=O) groups excluding carboxylic acids is 1.